The largest absolute Gasteiger partial charge is 0.326 e. The minimum absolute atomic E-state index is 0.00637. The Bertz CT molecular complexity index is 276. The molecule has 0 saturated heterocycles. The summed E-state index contributed by atoms with van der Waals surface area (Å²) >= 11 is 3.16. The predicted octanol–water partition coefficient (Wildman–Crippen LogP) is 2.85. The lowest BCUT2D eigenvalue weighted by atomic mass is 10.1. The maximum absolute atomic E-state index is 12.3. The maximum atomic E-state index is 12.3. The van der Waals surface area contributed by atoms with Crippen molar-refractivity contribution in [1.82, 2.24) is 0 Å². The van der Waals surface area contributed by atoms with E-state index in [4.69, 9.17) is 5.73 Å². The van der Waals surface area contributed by atoms with Gasteiger partial charge in [0.15, 0.2) is 0 Å². The highest BCUT2D eigenvalue weighted by Crippen LogP contribution is 2.27. The Hall–Kier alpha value is -0.480. The lowest BCUT2D eigenvalue weighted by Crippen LogP contribution is -2.02. The van der Waals surface area contributed by atoms with E-state index in [1.807, 2.05) is 0 Å². The molecule has 0 aliphatic rings. The molecule has 1 aromatic carbocycles. The summed E-state index contributed by atoms with van der Waals surface area (Å²) in [6, 6.07) is 4.66. The van der Waals surface area contributed by atoms with Crippen molar-refractivity contribution in [2.45, 2.75) is 13.0 Å². The van der Waals surface area contributed by atoms with Crippen molar-refractivity contribution in [3.8, 4) is 0 Å². The van der Waals surface area contributed by atoms with Crippen LogP contribution in [0.3, 0.4) is 0 Å². The summed E-state index contributed by atoms with van der Waals surface area (Å²) in [6.45, 7) is 0.126. The monoisotopic (exact) mass is 235 g/mol. The number of benzene rings is 1. The van der Waals surface area contributed by atoms with Crippen molar-refractivity contribution in [2.75, 3.05) is 0 Å². The van der Waals surface area contributed by atoms with Crippen LogP contribution in [0.5, 0.6) is 0 Å². The second-order valence-corrected chi connectivity index (χ2v) is 3.17. The van der Waals surface area contributed by atoms with Crippen molar-refractivity contribution < 1.29 is 8.78 Å². The third-order valence-corrected chi connectivity index (χ3v) is 2.34. The van der Waals surface area contributed by atoms with Gasteiger partial charge >= 0.3 is 0 Å². The summed E-state index contributed by atoms with van der Waals surface area (Å²) in [5.41, 5.74) is 5.81. The number of rotatable bonds is 2. The molecule has 0 saturated carbocycles. The van der Waals surface area contributed by atoms with Crippen LogP contribution in [0.1, 0.15) is 17.6 Å². The summed E-state index contributed by atoms with van der Waals surface area (Å²) in [5.74, 6) is 0. The maximum Gasteiger partial charge on any atom is 0.264 e. The van der Waals surface area contributed by atoms with Gasteiger partial charge in [-0.1, -0.05) is 28.1 Å². The van der Waals surface area contributed by atoms with E-state index < -0.39 is 6.43 Å². The second kappa shape index (κ2) is 3.96. The molecule has 12 heavy (non-hydrogen) atoms. The van der Waals surface area contributed by atoms with Crippen LogP contribution in [0.25, 0.3) is 0 Å². The number of hydrogen-bond acceptors (Lipinski definition) is 1. The van der Waals surface area contributed by atoms with Crippen LogP contribution in [0, 0.1) is 0 Å². The minimum Gasteiger partial charge on any atom is -0.326 e. The molecule has 0 aliphatic carbocycles. The lowest BCUT2D eigenvalue weighted by molar-refractivity contribution is 0.150. The van der Waals surface area contributed by atoms with Crippen LogP contribution in [0.15, 0.2) is 22.7 Å². The first-order valence-corrected chi connectivity index (χ1v) is 4.21. The van der Waals surface area contributed by atoms with Gasteiger partial charge < -0.3 is 5.73 Å². The highest BCUT2D eigenvalue weighted by Gasteiger charge is 2.13. The van der Waals surface area contributed by atoms with Gasteiger partial charge in [-0.25, -0.2) is 8.78 Å². The van der Waals surface area contributed by atoms with E-state index in [0.29, 0.717) is 10.0 Å². The quantitative estimate of drug-likeness (QED) is 0.839. The first-order valence-electron chi connectivity index (χ1n) is 3.42. The van der Waals surface area contributed by atoms with Crippen molar-refractivity contribution in [2.24, 2.45) is 5.73 Å². The summed E-state index contributed by atoms with van der Waals surface area (Å²) in [6.07, 6.45) is -2.46. The highest BCUT2D eigenvalue weighted by atomic mass is 79.9. The lowest BCUT2D eigenvalue weighted by Gasteiger charge is -2.07. The van der Waals surface area contributed by atoms with Gasteiger partial charge in [0.05, 0.1) is 0 Å². The zero-order valence-electron chi connectivity index (χ0n) is 6.23. The van der Waals surface area contributed by atoms with Gasteiger partial charge in [-0.15, -0.1) is 0 Å². The van der Waals surface area contributed by atoms with Crippen LogP contribution in [-0.4, -0.2) is 0 Å². The molecular formula is C8H8BrF2N. The van der Waals surface area contributed by atoms with Crippen molar-refractivity contribution in [1.29, 1.82) is 0 Å². The van der Waals surface area contributed by atoms with Gasteiger partial charge in [-0.2, -0.15) is 0 Å². The fourth-order valence-corrected chi connectivity index (χ4v) is 1.54. The summed E-state index contributed by atoms with van der Waals surface area (Å²) in [4.78, 5) is 0. The third kappa shape index (κ3) is 1.81. The normalized spacial score (nSPS) is 10.8. The molecule has 0 fully saturated rings. The van der Waals surface area contributed by atoms with E-state index in [0.717, 1.165) is 0 Å². The molecule has 1 nitrogen and oxygen atoms in total. The molecule has 0 aromatic heterocycles. The Kier molecular flexibility index (Phi) is 3.17. The molecule has 0 atom stereocenters. The molecule has 4 heteroatoms. The molecule has 0 unspecified atom stereocenters. The molecule has 0 amide bonds. The van der Waals surface area contributed by atoms with Crippen LogP contribution in [0.2, 0.25) is 0 Å². The zero-order valence-corrected chi connectivity index (χ0v) is 7.81. The molecule has 0 radical (unpaired) electrons. The van der Waals surface area contributed by atoms with Gasteiger partial charge in [-0.05, 0) is 11.6 Å². The molecule has 2 N–H and O–H groups in total. The Labute approximate surface area is 77.7 Å². The fraction of sp³-hybridized carbons (Fsp3) is 0.250. The Balaban J connectivity index is 3.18. The average Bonchev–Trinajstić information content (AvgIpc) is 2.03. The van der Waals surface area contributed by atoms with Crippen LogP contribution >= 0.6 is 15.9 Å². The number of hydrogen-bond donors (Lipinski definition) is 1. The summed E-state index contributed by atoms with van der Waals surface area (Å²) in [5, 5.41) is 0. The summed E-state index contributed by atoms with van der Waals surface area (Å²) < 4.78 is 25.3. The number of alkyl halides is 2. The van der Waals surface area contributed by atoms with E-state index in [-0.39, 0.29) is 12.1 Å². The Morgan fingerprint density at radius 1 is 1.42 bits per heavy atom. The van der Waals surface area contributed by atoms with Crippen LogP contribution < -0.4 is 5.73 Å². The first kappa shape index (κ1) is 9.61. The topological polar surface area (TPSA) is 26.0 Å². The van der Waals surface area contributed by atoms with E-state index in [1.165, 1.54) is 6.07 Å². The molecule has 66 valence electrons. The van der Waals surface area contributed by atoms with Gasteiger partial charge in [0.25, 0.3) is 6.43 Å². The molecule has 0 heterocycles. The van der Waals surface area contributed by atoms with E-state index >= 15 is 0 Å². The smallest absolute Gasteiger partial charge is 0.264 e. The SMILES string of the molecule is NCc1c(Br)cccc1C(F)F. The molecular weight excluding hydrogens is 228 g/mol. The molecule has 0 bridgehead atoms. The molecule has 1 rings (SSSR count). The molecule has 0 aliphatic heterocycles. The average molecular weight is 236 g/mol. The standard InChI is InChI=1S/C8H8BrF2N/c9-7-3-1-2-5(8(10)11)6(7)4-12/h1-3,8H,4,12H2. The van der Waals surface area contributed by atoms with Crippen molar-refractivity contribution >= 4 is 15.9 Å². The molecule has 1 aromatic rings. The first-order chi connectivity index (χ1) is 5.66. The minimum atomic E-state index is -2.46. The Morgan fingerprint density at radius 3 is 2.50 bits per heavy atom. The Morgan fingerprint density at radius 2 is 2.08 bits per heavy atom. The van der Waals surface area contributed by atoms with E-state index in [1.54, 1.807) is 12.1 Å². The van der Waals surface area contributed by atoms with Gasteiger partial charge in [0, 0.05) is 16.6 Å². The van der Waals surface area contributed by atoms with Crippen LogP contribution in [-0.2, 0) is 6.54 Å². The second-order valence-electron chi connectivity index (χ2n) is 2.31. The molecule has 0 spiro atoms. The van der Waals surface area contributed by atoms with Gasteiger partial charge in [0.2, 0.25) is 0 Å². The van der Waals surface area contributed by atoms with Gasteiger partial charge in [-0.3, -0.25) is 0 Å². The third-order valence-electron chi connectivity index (χ3n) is 1.59. The van der Waals surface area contributed by atoms with Crippen molar-refractivity contribution in [3.63, 3.8) is 0 Å². The van der Waals surface area contributed by atoms with E-state index in [9.17, 15) is 8.78 Å². The fourth-order valence-electron chi connectivity index (χ4n) is 0.995. The summed E-state index contributed by atoms with van der Waals surface area (Å²) in [7, 11) is 0. The predicted molar refractivity (Wildman–Crippen MR) is 47.0 cm³/mol. The van der Waals surface area contributed by atoms with Crippen molar-refractivity contribution in [3.05, 3.63) is 33.8 Å². The number of nitrogens with two attached hydrogens (primary N) is 1. The van der Waals surface area contributed by atoms with Gasteiger partial charge in [0.1, 0.15) is 0 Å². The highest BCUT2D eigenvalue weighted by molar-refractivity contribution is 9.10. The number of halogens is 3. The van der Waals surface area contributed by atoms with E-state index in [2.05, 4.69) is 15.9 Å². The zero-order chi connectivity index (χ0) is 9.14. The van der Waals surface area contributed by atoms with Crippen LogP contribution in [0.4, 0.5) is 8.78 Å².